The number of benzene rings is 1. The Morgan fingerprint density at radius 2 is 2.10 bits per heavy atom. The van der Waals surface area contributed by atoms with Crippen LogP contribution >= 0.6 is 0 Å². The Balaban J connectivity index is 1.55. The van der Waals surface area contributed by atoms with Gasteiger partial charge in [0.2, 0.25) is 5.91 Å². The van der Waals surface area contributed by atoms with Gasteiger partial charge in [0, 0.05) is 30.0 Å². The lowest BCUT2D eigenvalue weighted by Crippen LogP contribution is -2.48. The van der Waals surface area contributed by atoms with Gasteiger partial charge in [0.05, 0.1) is 6.54 Å². The highest BCUT2D eigenvalue weighted by Gasteiger charge is 2.34. The first-order valence-electron chi connectivity index (χ1n) is 7.28. The molecule has 0 radical (unpaired) electrons. The van der Waals surface area contributed by atoms with E-state index in [-0.39, 0.29) is 11.4 Å². The predicted octanol–water partition coefficient (Wildman–Crippen LogP) is 2.14. The number of aromatic nitrogens is 2. The number of anilines is 1. The lowest BCUT2D eigenvalue weighted by molar-refractivity contribution is -0.118. The van der Waals surface area contributed by atoms with E-state index in [0.717, 1.165) is 37.1 Å². The van der Waals surface area contributed by atoms with Crippen LogP contribution in [0.2, 0.25) is 0 Å². The van der Waals surface area contributed by atoms with Crippen LogP contribution in [0.25, 0.3) is 0 Å². The number of carbonyl (C=O) groups is 1. The monoisotopic (exact) mass is 284 g/mol. The fourth-order valence-electron chi connectivity index (χ4n) is 2.61. The molecule has 2 aromatic rings. The zero-order valence-corrected chi connectivity index (χ0v) is 12.0. The Bertz CT molecular complexity index is 600. The molecule has 0 bridgehead atoms. The van der Waals surface area contributed by atoms with E-state index in [1.165, 1.54) is 0 Å². The van der Waals surface area contributed by atoms with Gasteiger partial charge in [-0.3, -0.25) is 9.48 Å². The summed E-state index contributed by atoms with van der Waals surface area (Å²) in [5.41, 5.74) is 7.77. The molecule has 1 heterocycles. The molecule has 0 atom stereocenters. The van der Waals surface area contributed by atoms with Crippen LogP contribution in [0.3, 0.4) is 0 Å². The Morgan fingerprint density at radius 1 is 1.33 bits per heavy atom. The van der Waals surface area contributed by atoms with Crippen LogP contribution in [-0.2, 0) is 11.3 Å². The van der Waals surface area contributed by atoms with Gasteiger partial charge in [0.1, 0.15) is 0 Å². The van der Waals surface area contributed by atoms with E-state index in [0.29, 0.717) is 6.42 Å². The smallest absolute Gasteiger partial charge is 0.226 e. The second-order valence-electron chi connectivity index (χ2n) is 5.84. The average Bonchev–Trinajstić information content (AvgIpc) is 2.92. The van der Waals surface area contributed by atoms with Crippen molar-refractivity contribution in [3.8, 4) is 0 Å². The molecule has 1 fully saturated rings. The minimum atomic E-state index is -0.274. The Labute approximate surface area is 124 Å². The third-order valence-electron chi connectivity index (χ3n) is 4.00. The summed E-state index contributed by atoms with van der Waals surface area (Å²) in [5.74, 6) is -0.00275. The van der Waals surface area contributed by atoms with E-state index in [1.807, 2.05) is 41.2 Å². The Morgan fingerprint density at radius 3 is 2.67 bits per heavy atom. The number of carbonyl (C=O) groups excluding carboxylic acids is 1. The molecule has 110 valence electrons. The standard InChI is InChI=1S/C16H20N4O/c17-16(7-1-8-16)11-15(21)19-14-5-3-13(4-6-14)12-20-10-2-9-18-20/h2-6,9-10H,1,7-8,11-12,17H2,(H,19,21). The molecule has 0 saturated heterocycles. The molecular weight excluding hydrogens is 264 g/mol. The van der Waals surface area contributed by atoms with E-state index in [4.69, 9.17) is 5.73 Å². The molecule has 3 rings (SSSR count). The van der Waals surface area contributed by atoms with Crippen LogP contribution < -0.4 is 11.1 Å². The fraction of sp³-hybridized carbons (Fsp3) is 0.375. The van der Waals surface area contributed by atoms with Gasteiger partial charge in [-0.05, 0) is 43.0 Å². The minimum Gasteiger partial charge on any atom is -0.326 e. The number of nitrogens with two attached hydrogens (primary N) is 1. The minimum absolute atomic E-state index is 0.00275. The summed E-state index contributed by atoms with van der Waals surface area (Å²) in [6, 6.07) is 9.73. The number of nitrogens with zero attached hydrogens (tertiary/aromatic N) is 2. The third kappa shape index (κ3) is 3.49. The van der Waals surface area contributed by atoms with Crippen molar-refractivity contribution >= 4 is 11.6 Å². The maximum atomic E-state index is 12.0. The van der Waals surface area contributed by atoms with Gasteiger partial charge in [-0.2, -0.15) is 5.10 Å². The first-order chi connectivity index (χ1) is 10.1. The number of hydrogen-bond acceptors (Lipinski definition) is 3. The molecule has 0 unspecified atom stereocenters. The van der Waals surface area contributed by atoms with Gasteiger partial charge < -0.3 is 11.1 Å². The summed E-state index contributed by atoms with van der Waals surface area (Å²) < 4.78 is 1.86. The van der Waals surface area contributed by atoms with Gasteiger partial charge in [0.15, 0.2) is 0 Å². The van der Waals surface area contributed by atoms with E-state index in [1.54, 1.807) is 6.20 Å². The van der Waals surface area contributed by atoms with Crippen molar-refractivity contribution < 1.29 is 4.79 Å². The van der Waals surface area contributed by atoms with Crippen molar-refractivity contribution in [1.82, 2.24) is 9.78 Å². The number of nitrogens with one attached hydrogen (secondary N) is 1. The van der Waals surface area contributed by atoms with Gasteiger partial charge in [0.25, 0.3) is 0 Å². The largest absolute Gasteiger partial charge is 0.326 e. The lowest BCUT2D eigenvalue weighted by atomic mass is 9.75. The second kappa shape index (κ2) is 5.69. The van der Waals surface area contributed by atoms with Crippen LogP contribution in [0.1, 0.15) is 31.2 Å². The average molecular weight is 284 g/mol. The molecule has 1 saturated carbocycles. The number of amides is 1. The zero-order chi connectivity index (χ0) is 14.7. The quantitative estimate of drug-likeness (QED) is 0.883. The summed E-state index contributed by atoms with van der Waals surface area (Å²) in [7, 11) is 0. The van der Waals surface area contributed by atoms with Gasteiger partial charge >= 0.3 is 0 Å². The highest BCUT2D eigenvalue weighted by Crippen LogP contribution is 2.32. The van der Waals surface area contributed by atoms with Crippen molar-refractivity contribution in [1.29, 1.82) is 0 Å². The van der Waals surface area contributed by atoms with Crippen LogP contribution in [0, 0.1) is 0 Å². The molecule has 1 aromatic heterocycles. The summed E-state index contributed by atoms with van der Waals surface area (Å²) >= 11 is 0. The van der Waals surface area contributed by atoms with Crippen molar-refractivity contribution in [3.05, 3.63) is 48.3 Å². The topological polar surface area (TPSA) is 72.9 Å². The van der Waals surface area contributed by atoms with E-state index < -0.39 is 0 Å². The molecule has 21 heavy (non-hydrogen) atoms. The fourth-order valence-corrected chi connectivity index (χ4v) is 2.61. The van der Waals surface area contributed by atoms with Crippen LogP contribution in [-0.4, -0.2) is 21.2 Å². The Hall–Kier alpha value is -2.14. The summed E-state index contributed by atoms with van der Waals surface area (Å²) in [5, 5.41) is 7.08. The van der Waals surface area contributed by atoms with Gasteiger partial charge in [-0.15, -0.1) is 0 Å². The number of hydrogen-bond donors (Lipinski definition) is 2. The maximum Gasteiger partial charge on any atom is 0.226 e. The third-order valence-corrected chi connectivity index (χ3v) is 4.00. The molecule has 3 N–H and O–H groups in total. The molecule has 5 nitrogen and oxygen atoms in total. The highest BCUT2D eigenvalue weighted by atomic mass is 16.1. The molecule has 1 aromatic carbocycles. The highest BCUT2D eigenvalue weighted by molar-refractivity contribution is 5.91. The van der Waals surface area contributed by atoms with Crippen LogP contribution in [0.15, 0.2) is 42.7 Å². The SMILES string of the molecule is NC1(CC(=O)Nc2ccc(Cn3cccn3)cc2)CCC1. The molecule has 1 amide bonds. The van der Waals surface area contributed by atoms with Crippen molar-refractivity contribution in [2.24, 2.45) is 5.73 Å². The molecule has 5 heteroatoms. The van der Waals surface area contributed by atoms with E-state index >= 15 is 0 Å². The zero-order valence-electron chi connectivity index (χ0n) is 12.0. The molecule has 1 aliphatic carbocycles. The number of rotatable bonds is 5. The molecule has 0 spiro atoms. The van der Waals surface area contributed by atoms with Crippen molar-refractivity contribution in [2.75, 3.05) is 5.32 Å². The predicted molar refractivity (Wildman–Crippen MR) is 81.8 cm³/mol. The second-order valence-corrected chi connectivity index (χ2v) is 5.84. The van der Waals surface area contributed by atoms with Crippen molar-refractivity contribution in [3.63, 3.8) is 0 Å². The lowest BCUT2D eigenvalue weighted by Gasteiger charge is -2.37. The first-order valence-corrected chi connectivity index (χ1v) is 7.28. The summed E-state index contributed by atoms with van der Waals surface area (Å²) in [4.78, 5) is 12.0. The first kappa shape index (κ1) is 13.8. The summed E-state index contributed by atoms with van der Waals surface area (Å²) in [6.45, 7) is 0.729. The van der Waals surface area contributed by atoms with Gasteiger partial charge in [-0.25, -0.2) is 0 Å². The normalized spacial score (nSPS) is 16.2. The molecular formula is C16H20N4O. The summed E-state index contributed by atoms with van der Waals surface area (Å²) in [6.07, 6.45) is 7.12. The molecule has 1 aliphatic rings. The van der Waals surface area contributed by atoms with Crippen molar-refractivity contribution in [2.45, 2.75) is 37.8 Å². The van der Waals surface area contributed by atoms with Gasteiger partial charge in [-0.1, -0.05) is 12.1 Å². The van der Waals surface area contributed by atoms with E-state index in [2.05, 4.69) is 10.4 Å². The van der Waals surface area contributed by atoms with Crippen LogP contribution in [0.5, 0.6) is 0 Å². The maximum absolute atomic E-state index is 12.0. The molecule has 0 aliphatic heterocycles. The Kier molecular flexibility index (Phi) is 3.75. The van der Waals surface area contributed by atoms with E-state index in [9.17, 15) is 4.79 Å². The van der Waals surface area contributed by atoms with Crippen LogP contribution in [0.4, 0.5) is 5.69 Å².